The SMILES string of the molecule is O=C([C@@H]1CCCN1Cc1ccc(F)cc1)N1CCC(Cc2ccccc2)CC1. The minimum Gasteiger partial charge on any atom is -0.341 e. The summed E-state index contributed by atoms with van der Waals surface area (Å²) in [6.45, 7) is 3.41. The highest BCUT2D eigenvalue weighted by molar-refractivity contribution is 5.82. The topological polar surface area (TPSA) is 23.6 Å². The van der Waals surface area contributed by atoms with E-state index in [2.05, 4.69) is 40.1 Å². The van der Waals surface area contributed by atoms with E-state index in [0.717, 1.165) is 63.8 Å². The highest BCUT2D eigenvalue weighted by Crippen LogP contribution is 2.26. The zero-order chi connectivity index (χ0) is 19.3. The molecule has 2 aromatic carbocycles. The van der Waals surface area contributed by atoms with Gasteiger partial charge in [0.25, 0.3) is 0 Å². The van der Waals surface area contributed by atoms with E-state index >= 15 is 0 Å². The van der Waals surface area contributed by atoms with Crippen LogP contribution in [0.25, 0.3) is 0 Å². The first kappa shape index (κ1) is 19.1. The third kappa shape index (κ3) is 4.61. The smallest absolute Gasteiger partial charge is 0.239 e. The number of likely N-dealkylation sites (tertiary alicyclic amines) is 2. The van der Waals surface area contributed by atoms with Crippen LogP contribution in [0.5, 0.6) is 0 Å². The zero-order valence-corrected chi connectivity index (χ0v) is 16.4. The lowest BCUT2D eigenvalue weighted by molar-refractivity contribution is -0.137. The van der Waals surface area contributed by atoms with Gasteiger partial charge in [0, 0.05) is 19.6 Å². The Morgan fingerprint density at radius 1 is 0.893 bits per heavy atom. The molecule has 0 N–H and O–H groups in total. The molecule has 3 nitrogen and oxygen atoms in total. The maximum Gasteiger partial charge on any atom is 0.239 e. The predicted molar refractivity (Wildman–Crippen MR) is 109 cm³/mol. The van der Waals surface area contributed by atoms with E-state index in [4.69, 9.17) is 0 Å². The van der Waals surface area contributed by atoms with Crippen LogP contribution in [0.3, 0.4) is 0 Å². The molecule has 0 aromatic heterocycles. The molecule has 2 heterocycles. The second-order valence-corrected chi connectivity index (χ2v) is 8.21. The fourth-order valence-electron chi connectivity index (χ4n) is 4.64. The van der Waals surface area contributed by atoms with Gasteiger partial charge in [0.05, 0.1) is 6.04 Å². The third-order valence-corrected chi connectivity index (χ3v) is 6.24. The normalized spacial score (nSPS) is 21.2. The zero-order valence-electron chi connectivity index (χ0n) is 16.4. The molecule has 2 aromatic rings. The summed E-state index contributed by atoms with van der Waals surface area (Å²) < 4.78 is 13.1. The molecule has 2 saturated heterocycles. The Labute approximate surface area is 167 Å². The number of piperidine rings is 1. The second kappa shape index (κ2) is 8.87. The molecule has 148 valence electrons. The molecule has 2 aliphatic rings. The van der Waals surface area contributed by atoms with E-state index in [1.807, 2.05) is 12.1 Å². The van der Waals surface area contributed by atoms with Crippen LogP contribution in [0.1, 0.15) is 36.8 Å². The van der Waals surface area contributed by atoms with E-state index in [9.17, 15) is 9.18 Å². The molecule has 1 atom stereocenters. The van der Waals surface area contributed by atoms with Gasteiger partial charge in [-0.25, -0.2) is 4.39 Å². The van der Waals surface area contributed by atoms with Gasteiger partial charge in [-0.3, -0.25) is 9.69 Å². The van der Waals surface area contributed by atoms with E-state index in [1.165, 1.54) is 17.7 Å². The first-order valence-electron chi connectivity index (χ1n) is 10.5. The Morgan fingerprint density at radius 2 is 1.61 bits per heavy atom. The minimum atomic E-state index is -0.212. The number of halogens is 1. The molecule has 28 heavy (non-hydrogen) atoms. The standard InChI is InChI=1S/C24H29FN2O/c25-22-10-8-21(9-11-22)18-27-14-4-7-23(27)24(28)26-15-12-20(13-16-26)17-19-5-2-1-3-6-19/h1-3,5-6,8-11,20,23H,4,7,12-18H2/t23-/m0/s1. The Balaban J connectivity index is 1.31. The maximum absolute atomic E-state index is 13.1. The van der Waals surface area contributed by atoms with Crippen LogP contribution in [-0.2, 0) is 17.8 Å². The molecule has 0 radical (unpaired) electrons. The molecule has 0 aliphatic carbocycles. The number of rotatable bonds is 5. The Hall–Kier alpha value is -2.20. The first-order chi connectivity index (χ1) is 13.7. The van der Waals surface area contributed by atoms with Crippen molar-refractivity contribution in [1.82, 2.24) is 9.80 Å². The molecule has 1 amide bonds. The number of hydrogen-bond acceptors (Lipinski definition) is 2. The van der Waals surface area contributed by atoms with Crippen LogP contribution in [0, 0.1) is 11.7 Å². The molecular weight excluding hydrogens is 351 g/mol. The van der Waals surface area contributed by atoms with E-state index < -0.39 is 0 Å². The second-order valence-electron chi connectivity index (χ2n) is 8.21. The summed E-state index contributed by atoms with van der Waals surface area (Å²) in [5.74, 6) is 0.749. The molecule has 4 heteroatoms. The summed E-state index contributed by atoms with van der Waals surface area (Å²) in [6.07, 6.45) is 5.28. The first-order valence-corrected chi connectivity index (χ1v) is 10.5. The fourth-order valence-corrected chi connectivity index (χ4v) is 4.64. The van der Waals surface area contributed by atoms with Crippen molar-refractivity contribution in [3.63, 3.8) is 0 Å². The lowest BCUT2D eigenvalue weighted by Gasteiger charge is -2.35. The van der Waals surface area contributed by atoms with Gasteiger partial charge in [0.15, 0.2) is 0 Å². The summed E-state index contributed by atoms with van der Waals surface area (Å²) in [5.41, 5.74) is 2.47. The van der Waals surface area contributed by atoms with Gasteiger partial charge in [-0.15, -0.1) is 0 Å². The van der Waals surface area contributed by atoms with Crippen molar-refractivity contribution < 1.29 is 9.18 Å². The summed E-state index contributed by atoms with van der Waals surface area (Å²) in [6, 6.07) is 17.3. The maximum atomic E-state index is 13.1. The molecule has 0 unspecified atom stereocenters. The van der Waals surface area contributed by atoms with Gasteiger partial charge in [0.2, 0.25) is 5.91 Å². The molecule has 0 bridgehead atoms. The van der Waals surface area contributed by atoms with Crippen LogP contribution in [-0.4, -0.2) is 41.4 Å². The van der Waals surface area contributed by atoms with Crippen molar-refractivity contribution in [1.29, 1.82) is 0 Å². The molecular formula is C24H29FN2O. The van der Waals surface area contributed by atoms with Gasteiger partial charge >= 0.3 is 0 Å². The van der Waals surface area contributed by atoms with Crippen LogP contribution in [0.4, 0.5) is 4.39 Å². The quantitative estimate of drug-likeness (QED) is 0.773. The van der Waals surface area contributed by atoms with Crippen LogP contribution < -0.4 is 0 Å². The fraction of sp³-hybridized carbons (Fsp3) is 0.458. The van der Waals surface area contributed by atoms with Gasteiger partial charge in [-0.1, -0.05) is 42.5 Å². The van der Waals surface area contributed by atoms with Gasteiger partial charge < -0.3 is 4.90 Å². The highest BCUT2D eigenvalue weighted by atomic mass is 19.1. The van der Waals surface area contributed by atoms with E-state index in [1.54, 1.807) is 0 Å². The molecule has 2 aliphatic heterocycles. The highest BCUT2D eigenvalue weighted by Gasteiger charge is 2.35. The lowest BCUT2D eigenvalue weighted by atomic mass is 9.90. The van der Waals surface area contributed by atoms with E-state index in [-0.39, 0.29) is 17.8 Å². The average molecular weight is 381 g/mol. The van der Waals surface area contributed by atoms with Crippen LogP contribution in [0.15, 0.2) is 54.6 Å². The van der Waals surface area contributed by atoms with Crippen molar-refractivity contribution >= 4 is 5.91 Å². The van der Waals surface area contributed by atoms with Gasteiger partial charge in [0.1, 0.15) is 5.82 Å². The molecule has 2 fully saturated rings. The molecule has 0 saturated carbocycles. The summed E-state index contributed by atoms with van der Waals surface area (Å²) in [5, 5.41) is 0. The summed E-state index contributed by atoms with van der Waals surface area (Å²) in [4.78, 5) is 17.5. The predicted octanol–water partition coefficient (Wildman–Crippen LogP) is 4.27. The third-order valence-electron chi connectivity index (χ3n) is 6.24. The number of benzene rings is 2. The van der Waals surface area contributed by atoms with Crippen molar-refractivity contribution in [2.24, 2.45) is 5.92 Å². The molecule has 0 spiro atoms. The lowest BCUT2D eigenvalue weighted by Crippen LogP contribution is -2.48. The van der Waals surface area contributed by atoms with Crippen LogP contribution in [0.2, 0.25) is 0 Å². The number of nitrogens with zero attached hydrogens (tertiary/aromatic N) is 2. The Kier molecular flexibility index (Phi) is 6.06. The van der Waals surface area contributed by atoms with Crippen molar-refractivity contribution in [2.75, 3.05) is 19.6 Å². The van der Waals surface area contributed by atoms with Crippen molar-refractivity contribution in [3.8, 4) is 0 Å². The number of carbonyl (C=O) groups is 1. The molecule has 4 rings (SSSR count). The number of carbonyl (C=O) groups excluding carboxylic acids is 1. The Morgan fingerprint density at radius 3 is 2.32 bits per heavy atom. The van der Waals surface area contributed by atoms with Gasteiger partial charge in [-0.05, 0) is 67.8 Å². The largest absolute Gasteiger partial charge is 0.341 e. The number of hydrogen-bond donors (Lipinski definition) is 0. The minimum absolute atomic E-state index is 0.0178. The van der Waals surface area contributed by atoms with Crippen LogP contribution >= 0.6 is 0 Å². The number of amides is 1. The van der Waals surface area contributed by atoms with E-state index in [0.29, 0.717) is 5.92 Å². The monoisotopic (exact) mass is 380 g/mol. The average Bonchev–Trinajstić information content (AvgIpc) is 3.19. The summed E-state index contributed by atoms with van der Waals surface area (Å²) in [7, 11) is 0. The van der Waals surface area contributed by atoms with Gasteiger partial charge in [-0.2, -0.15) is 0 Å². The Bertz CT molecular complexity index is 769. The van der Waals surface area contributed by atoms with Crippen molar-refractivity contribution in [3.05, 3.63) is 71.5 Å². The summed E-state index contributed by atoms with van der Waals surface area (Å²) >= 11 is 0. The van der Waals surface area contributed by atoms with Crippen molar-refractivity contribution in [2.45, 2.75) is 44.7 Å².